The number of rotatable bonds is 5. The molecule has 1 N–H and O–H groups in total. The molecule has 33 heavy (non-hydrogen) atoms. The minimum atomic E-state index is -3.84. The first kappa shape index (κ1) is 23.3. The van der Waals surface area contributed by atoms with Crippen LogP contribution in [0.3, 0.4) is 0 Å². The van der Waals surface area contributed by atoms with Crippen LogP contribution in [0.2, 0.25) is 0 Å². The Hall–Kier alpha value is -2.91. The average Bonchev–Trinajstić information content (AvgIpc) is 3.21. The van der Waals surface area contributed by atoms with Gasteiger partial charge >= 0.3 is 0 Å². The third-order valence-corrected chi connectivity index (χ3v) is 7.76. The van der Waals surface area contributed by atoms with E-state index in [1.807, 2.05) is 6.07 Å². The molecule has 2 amide bonds. The zero-order valence-corrected chi connectivity index (χ0v) is 20.1. The molecule has 0 aliphatic carbocycles. The maximum atomic E-state index is 12.8. The number of hydrogen-bond acceptors (Lipinski definition) is 5. The lowest BCUT2D eigenvalue weighted by Gasteiger charge is -2.41. The van der Waals surface area contributed by atoms with Gasteiger partial charge in [0.1, 0.15) is 0 Å². The number of fused-ring (bicyclic) bond motifs is 1. The van der Waals surface area contributed by atoms with Gasteiger partial charge in [0.25, 0.3) is 0 Å². The molecular formula is C24H30N4O4S. The second kappa shape index (κ2) is 9.15. The first-order chi connectivity index (χ1) is 15.7. The number of hydrogen-bond donors (Lipinski definition) is 1. The normalized spacial score (nSPS) is 18.4. The summed E-state index contributed by atoms with van der Waals surface area (Å²) in [5.41, 5.74) is 3.89. The van der Waals surface area contributed by atoms with Crippen LogP contribution in [0.1, 0.15) is 25.0 Å². The van der Waals surface area contributed by atoms with Gasteiger partial charge in [0.05, 0.1) is 11.4 Å². The number of nitrogens with zero attached hydrogens (tertiary/aromatic N) is 3. The monoisotopic (exact) mass is 470 g/mol. The summed E-state index contributed by atoms with van der Waals surface area (Å²) < 4.78 is 28.0. The molecular weight excluding hydrogens is 440 g/mol. The summed E-state index contributed by atoms with van der Waals surface area (Å²) in [6.07, 6.45) is 0.611. The molecule has 2 aliphatic rings. The fourth-order valence-corrected chi connectivity index (χ4v) is 5.62. The minimum Gasteiger partial charge on any atom is -0.365 e. The topological polar surface area (TPSA) is 90.0 Å². The van der Waals surface area contributed by atoms with E-state index in [1.54, 1.807) is 21.9 Å². The van der Waals surface area contributed by atoms with E-state index in [-0.39, 0.29) is 29.3 Å². The Kier molecular flexibility index (Phi) is 6.45. The predicted molar refractivity (Wildman–Crippen MR) is 128 cm³/mol. The van der Waals surface area contributed by atoms with Gasteiger partial charge in [-0.1, -0.05) is 12.1 Å². The van der Waals surface area contributed by atoms with Gasteiger partial charge in [-0.15, -0.1) is 0 Å². The quantitative estimate of drug-likeness (QED) is 0.721. The smallest absolute Gasteiger partial charge is 0.241 e. The summed E-state index contributed by atoms with van der Waals surface area (Å²) in [6.45, 7) is 7.66. The van der Waals surface area contributed by atoms with Crippen molar-refractivity contribution in [2.24, 2.45) is 0 Å². The third kappa shape index (κ3) is 4.89. The molecule has 2 heterocycles. The molecule has 0 radical (unpaired) electrons. The summed E-state index contributed by atoms with van der Waals surface area (Å²) in [5, 5.41) is 0. The van der Waals surface area contributed by atoms with Gasteiger partial charge < -0.3 is 14.7 Å². The molecule has 1 saturated heterocycles. The molecule has 2 aliphatic heterocycles. The lowest BCUT2D eigenvalue weighted by Crippen LogP contribution is -2.55. The van der Waals surface area contributed by atoms with Crippen molar-refractivity contribution in [1.82, 2.24) is 9.62 Å². The predicted octanol–water partition coefficient (Wildman–Crippen LogP) is 1.92. The number of carbonyl (C=O) groups excluding carboxylic acids is 2. The van der Waals surface area contributed by atoms with Gasteiger partial charge in [0, 0.05) is 50.5 Å². The van der Waals surface area contributed by atoms with Gasteiger partial charge in [-0.05, 0) is 61.7 Å². The molecule has 1 atom stereocenters. The van der Waals surface area contributed by atoms with Crippen molar-refractivity contribution in [3.8, 4) is 0 Å². The molecule has 4 rings (SSSR count). The van der Waals surface area contributed by atoms with Crippen LogP contribution in [0.25, 0.3) is 0 Å². The zero-order valence-electron chi connectivity index (χ0n) is 19.2. The first-order valence-electron chi connectivity index (χ1n) is 11.2. The Morgan fingerprint density at radius 2 is 1.88 bits per heavy atom. The van der Waals surface area contributed by atoms with Crippen molar-refractivity contribution in [2.75, 3.05) is 42.5 Å². The van der Waals surface area contributed by atoms with E-state index >= 15 is 0 Å². The van der Waals surface area contributed by atoms with Crippen LogP contribution in [0.15, 0.2) is 47.4 Å². The van der Waals surface area contributed by atoms with E-state index in [0.29, 0.717) is 32.6 Å². The second-order valence-electron chi connectivity index (χ2n) is 8.76. The molecule has 176 valence electrons. The molecule has 0 aromatic heterocycles. The lowest BCUT2D eigenvalue weighted by atomic mass is 10.1. The zero-order chi connectivity index (χ0) is 23.8. The highest BCUT2D eigenvalue weighted by atomic mass is 32.2. The van der Waals surface area contributed by atoms with E-state index in [2.05, 4.69) is 41.7 Å². The Balaban J connectivity index is 1.36. The molecule has 8 nitrogen and oxygen atoms in total. The fourth-order valence-electron chi connectivity index (χ4n) is 4.60. The van der Waals surface area contributed by atoms with E-state index < -0.39 is 10.0 Å². The Morgan fingerprint density at radius 3 is 2.58 bits per heavy atom. The number of amides is 2. The Bertz CT molecular complexity index is 1180. The largest absolute Gasteiger partial charge is 0.365 e. The van der Waals surface area contributed by atoms with Gasteiger partial charge in [-0.25, -0.2) is 13.1 Å². The number of carbonyl (C=O) groups is 2. The molecule has 0 bridgehead atoms. The Labute approximate surface area is 195 Å². The number of benzene rings is 2. The minimum absolute atomic E-state index is 0.0650. The standard InChI is InChI=1S/C24H30N4O4S/c1-17-5-4-6-21(13-17)27-12-11-26(16-18(27)2)24(30)15-25-33(31,32)22-7-8-23-20(14-22)9-10-28(23)19(3)29/h4-8,13-14,18,25H,9-12,15-16H2,1-3H3. The van der Waals surface area contributed by atoms with Gasteiger partial charge in [0.2, 0.25) is 21.8 Å². The summed E-state index contributed by atoms with van der Waals surface area (Å²) in [5.74, 6) is -0.303. The average molecular weight is 471 g/mol. The summed E-state index contributed by atoms with van der Waals surface area (Å²) in [7, 11) is -3.84. The van der Waals surface area contributed by atoms with Crippen LogP contribution in [-0.2, 0) is 26.0 Å². The van der Waals surface area contributed by atoms with Gasteiger partial charge in [-0.3, -0.25) is 9.59 Å². The fraction of sp³-hybridized carbons (Fsp3) is 0.417. The van der Waals surface area contributed by atoms with Crippen LogP contribution in [0.4, 0.5) is 11.4 Å². The van der Waals surface area contributed by atoms with Crippen molar-refractivity contribution in [3.05, 3.63) is 53.6 Å². The molecule has 2 aromatic rings. The number of sulfonamides is 1. The first-order valence-corrected chi connectivity index (χ1v) is 12.7. The van der Waals surface area contributed by atoms with Crippen molar-refractivity contribution in [2.45, 2.75) is 38.1 Å². The number of anilines is 2. The van der Waals surface area contributed by atoms with E-state index in [1.165, 1.54) is 18.6 Å². The van der Waals surface area contributed by atoms with E-state index in [4.69, 9.17) is 0 Å². The lowest BCUT2D eigenvalue weighted by molar-refractivity contribution is -0.130. The van der Waals surface area contributed by atoms with Crippen LogP contribution in [0, 0.1) is 6.92 Å². The SMILES string of the molecule is CC(=O)N1CCc2cc(S(=O)(=O)NCC(=O)N3CCN(c4cccc(C)c4)C(C)C3)ccc21. The number of nitrogens with one attached hydrogen (secondary N) is 1. The molecule has 1 fully saturated rings. The molecule has 0 saturated carbocycles. The summed E-state index contributed by atoms with van der Waals surface area (Å²) in [6, 6.07) is 13.1. The molecule has 0 spiro atoms. The third-order valence-electron chi connectivity index (χ3n) is 6.36. The van der Waals surface area contributed by atoms with E-state index in [0.717, 1.165) is 16.9 Å². The van der Waals surface area contributed by atoms with Crippen LogP contribution < -0.4 is 14.5 Å². The summed E-state index contributed by atoms with van der Waals surface area (Å²) >= 11 is 0. The van der Waals surface area contributed by atoms with Crippen LogP contribution >= 0.6 is 0 Å². The maximum absolute atomic E-state index is 12.8. The Morgan fingerprint density at radius 1 is 1.09 bits per heavy atom. The molecule has 9 heteroatoms. The molecule has 1 unspecified atom stereocenters. The number of piperazine rings is 1. The van der Waals surface area contributed by atoms with Crippen molar-refractivity contribution in [3.63, 3.8) is 0 Å². The highest BCUT2D eigenvalue weighted by Gasteiger charge is 2.29. The molecule has 2 aromatic carbocycles. The van der Waals surface area contributed by atoms with Crippen molar-refractivity contribution in [1.29, 1.82) is 0 Å². The highest BCUT2D eigenvalue weighted by Crippen LogP contribution is 2.30. The van der Waals surface area contributed by atoms with Crippen LogP contribution in [0.5, 0.6) is 0 Å². The van der Waals surface area contributed by atoms with E-state index in [9.17, 15) is 18.0 Å². The van der Waals surface area contributed by atoms with Crippen molar-refractivity contribution >= 4 is 33.2 Å². The van der Waals surface area contributed by atoms with Crippen molar-refractivity contribution < 1.29 is 18.0 Å². The number of aryl methyl sites for hydroxylation is 1. The summed E-state index contributed by atoms with van der Waals surface area (Å²) in [4.78, 5) is 30.2. The van der Waals surface area contributed by atoms with Crippen LogP contribution in [-0.4, -0.2) is 63.9 Å². The second-order valence-corrected chi connectivity index (χ2v) is 10.5. The maximum Gasteiger partial charge on any atom is 0.241 e. The van der Waals surface area contributed by atoms with Gasteiger partial charge in [-0.2, -0.15) is 0 Å². The van der Waals surface area contributed by atoms with Gasteiger partial charge in [0.15, 0.2) is 0 Å². The highest BCUT2D eigenvalue weighted by molar-refractivity contribution is 7.89.